The van der Waals surface area contributed by atoms with Crippen LogP contribution in [0.3, 0.4) is 0 Å². The SMILES string of the molecule is CC(C)C(CNC(=O)OC(C)(C)C)CNC1CCC(N)CC1. The van der Waals surface area contributed by atoms with Crippen molar-refractivity contribution < 1.29 is 9.53 Å². The molecule has 1 aliphatic carbocycles. The van der Waals surface area contributed by atoms with E-state index in [0.717, 1.165) is 32.2 Å². The van der Waals surface area contributed by atoms with E-state index in [-0.39, 0.29) is 6.09 Å². The fourth-order valence-electron chi connectivity index (χ4n) is 2.71. The average molecular weight is 313 g/mol. The molecule has 0 bridgehead atoms. The van der Waals surface area contributed by atoms with Gasteiger partial charge in [-0.2, -0.15) is 0 Å². The topological polar surface area (TPSA) is 76.4 Å². The molecular weight excluding hydrogens is 278 g/mol. The number of ether oxygens (including phenoxy) is 1. The highest BCUT2D eigenvalue weighted by molar-refractivity contribution is 5.67. The first-order valence-corrected chi connectivity index (χ1v) is 8.63. The van der Waals surface area contributed by atoms with Crippen molar-refractivity contribution in [3.8, 4) is 0 Å². The summed E-state index contributed by atoms with van der Waals surface area (Å²) < 4.78 is 5.29. The Morgan fingerprint density at radius 1 is 1.18 bits per heavy atom. The highest BCUT2D eigenvalue weighted by atomic mass is 16.6. The molecular formula is C17H35N3O2. The quantitative estimate of drug-likeness (QED) is 0.704. The molecule has 130 valence electrons. The number of hydrogen-bond acceptors (Lipinski definition) is 4. The molecule has 5 nitrogen and oxygen atoms in total. The van der Waals surface area contributed by atoms with Crippen molar-refractivity contribution in [1.82, 2.24) is 10.6 Å². The monoisotopic (exact) mass is 313 g/mol. The summed E-state index contributed by atoms with van der Waals surface area (Å²) in [6.07, 6.45) is 4.21. The molecule has 0 radical (unpaired) electrons. The van der Waals surface area contributed by atoms with E-state index in [1.807, 2.05) is 20.8 Å². The standard InChI is InChI=1S/C17H35N3O2/c1-12(2)13(11-20-16(21)22-17(3,4)5)10-19-15-8-6-14(18)7-9-15/h12-15,19H,6-11,18H2,1-5H3,(H,20,21). The summed E-state index contributed by atoms with van der Waals surface area (Å²) in [7, 11) is 0. The van der Waals surface area contributed by atoms with Gasteiger partial charge < -0.3 is 21.1 Å². The number of nitrogens with two attached hydrogens (primary N) is 1. The summed E-state index contributed by atoms with van der Waals surface area (Å²) in [5.74, 6) is 0.913. The summed E-state index contributed by atoms with van der Waals surface area (Å²) in [5, 5.41) is 6.54. The normalized spacial score (nSPS) is 24.1. The number of amides is 1. The van der Waals surface area contributed by atoms with Gasteiger partial charge in [-0.15, -0.1) is 0 Å². The van der Waals surface area contributed by atoms with Crippen LogP contribution in [0, 0.1) is 11.8 Å². The van der Waals surface area contributed by atoms with Gasteiger partial charge in [-0.1, -0.05) is 13.8 Å². The van der Waals surface area contributed by atoms with Crippen molar-refractivity contribution in [1.29, 1.82) is 0 Å². The number of hydrogen-bond donors (Lipinski definition) is 3. The highest BCUT2D eigenvalue weighted by Gasteiger charge is 2.22. The first kappa shape index (κ1) is 19.2. The lowest BCUT2D eigenvalue weighted by molar-refractivity contribution is 0.0514. The zero-order valence-corrected chi connectivity index (χ0v) is 14.9. The first-order valence-electron chi connectivity index (χ1n) is 8.63. The van der Waals surface area contributed by atoms with Crippen molar-refractivity contribution in [3.63, 3.8) is 0 Å². The molecule has 0 aliphatic heterocycles. The van der Waals surface area contributed by atoms with Gasteiger partial charge in [0.25, 0.3) is 0 Å². The van der Waals surface area contributed by atoms with Gasteiger partial charge in [-0.05, 0) is 58.3 Å². The van der Waals surface area contributed by atoms with Crippen LogP contribution in [0.1, 0.15) is 60.3 Å². The smallest absolute Gasteiger partial charge is 0.407 e. The second kappa shape index (κ2) is 8.73. The van der Waals surface area contributed by atoms with E-state index in [4.69, 9.17) is 10.5 Å². The van der Waals surface area contributed by atoms with Gasteiger partial charge >= 0.3 is 6.09 Å². The summed E-state index contributed by atoms with van der Waals surface area (Å²) in [6, 6.07) is 0.954. The van der Waals surface area contributed by atoms with Crippen LogP contribution in [-0.2, 0) is 4.74 Å². The van der Waals surface area contributed by atoms with Gasteiger partial charge in [0, 0.05) is 25.2 Å². The van der Waals surface area contributed by atoms with Crippen molar-refractivity contribution in [2.45, 2.75) is 78.0 Å². The van der Waals surface area contributed by atoms with Crippen LogP contribution in [0.2, 0.25) is 0 Å². The number of carbonyl (C=O) groups excluding carboxylic acids is 1. The molecule has 0 saturated heterocycles. The van der Waals surface area contributed by atoms with E-state index in [1.165, 1.54) is 0 Å². The molecule has 1 saturated carbocycles. The molecule has 1 rings (SSSR count). The molecule has 1 aliphatic rings. The molecule has 0 spiro atoms. The van der Waals surface area contributed by atoms with Crippen molar-refractivity contribution in [3.05, 3.63) is 0 Å². The number of nitrogens with one attached hydrogen (secondary N) is 2. The van der Waals surface area contributed by atoms with Gasteiger partial charge in [-0.3, -0.25) is 0 Å². The Hall–Kier alpha value is -0.810. The van der Waals surface area contributed by atoms with E-state index in [2.05, 4.69) is 24.5 Å². The third-order valence-electron chi connectivity index (χ3n) is 4.29. The Morgan fingerprint density at radius 2 is 1.77 bits per heavy atom. The molecule has 0 aromatic rings. The zero-order chi connectivity index (χ0) is 16.8. The Kier molecular flexibility index (Phi) is 7.63. The zero-order valence-electron chi connectivity index (χ0n) is 14.9. The van der Waals surface area contributed by atoms with E-state index in [9.17, 15) is 4.79 Å². The minimum atomic E-state index is -0.448. The van der Waals surface area contributed by atoms with Gasteiger partial charge in [0.15, 0.2) is 0 Å². The summed E-state index contributed by atoms with van der Waals surface area (Å²) >= 11 is 0. The lowest BCUT2D eigenvalue weighted by Crippen LogP contribution is -2.43. The molecule has 0 aromatic carbocycles. The fraction of sp³-hybridized carbons (Fsp3) is 0.941. The number of rotatable bonds is 6. The van der Waals surface area contributed by atoms with Gasteiger partial charge in [0.2, 0.25) is 0 Å². The van der Waals surface area contributed by atoms with E-state index >= 15 is 0 Å². The predicted octanol–water partition coefficient (Wildman–Crippen LogP) is 2.64. The van der Waals surface area contributed by atoms with Crippen LogP contribution in [0.15, 0.2) is 0 Å². The minimum Gasteiger partial charge on any atom is -0.444 e. The summed E-state index contributed by atoms with van der Waals surface area (Å²) in [6.45, 7) is 11.6. The number of alkyl carbamates (subject to hydrolysis) is 1. The van der Waals surface area contributed by atoms with Crippen LogP contribution in [0.5, 0.6) is 0 Å². The van der Waals surface area contributed by atoms with Crippen LogP contribution in [0.4, 0.5) is 4.79 Å². The molecule has 1 fully saturated rings. The maximum atomic E-state index is 11.8. The average Bonchev–Trinajstić information content (AvgIpc) is 2.38. The molecule has 0 aromatic heterocycles. The van der Waals surface area contributed by atoms with Gasteiger partial charge in [0.1, 0.15) is 5.60 Å². The predicted molar refractivity (Wildman–Crippen MR) is 90.8 cm³/mol. The Labute approximate surface area is 135 Å². The maximum Gasteiger partial charge on any atom is 0.407 e. The Morgan fingerprint density at radius 3 is 2.27 bits per heavy atom. The first-order chi connectivity index (χ1) is 10.2. The largest absolute Gasteiger partial charge is 0.444 e. The van der Waals surface area contributed by atoms with E-state index in [0.29, 0.717) is 30.5 Å². The van der Waals surface area contributed by atoms with E-state index < -0.39 is 5.60 Å². The van der Waals surface area contributed by atoms with Crippen molar-refractivity contribution >= 4 is 6.09 Å². The molecule has 5 heteroatoms. The lowest BCUT2D eigenvalue weighted by Gasteiger charge is -2.30. The molecule has 4 N–H and O–H groups in total. The number of carbonyl (C=O) groups is 1. The summed E-state index contributed by atoms with van der Waals surface area (Å²) in [5.41, 5.74) is 5.50. The lowest BCUT2D eigenvalue weighted by atomic mass is 9.90. The van der Waals surface area contributed by atoms with E-state index in [1.54, 1.807) is 0 Å². The third-order valence-corrected chi connectivity index (χ3v) is 4.29. The van der Waals surface area contributed by atoms with Gasteiger partial charge in [0.05, 0.1) is 0 Å². The van der Waals surface area contributed by atoms with Crippen LogP contribution >= 0.6 is 0 Å². The fourth-order valence-corrected chi connectivity index (χ4v) is 2.71. The molecule has 0 heterocycles. The Balaban J connectivity index is 2.31. The van der Waals surface area contributed by atoms with Crippen molar-refractivity contribution in [2.24, 2.45) is 17.6 Å². The van der Waals surface area contributed by atoms with Gasteiger partial charge in [-0.25, -0.2) is 4.79 Å². The maximum absolute atomic E-state index is 11.8. The highest BCUT2D eigenvalue weighted by Crippen LogP contribution is 2.18. The van der Waals surface area contributed by atoms with Crippen LogP contribution < -0.4 is 16.4 Å². The van der Waals surface area contributed by atoms with Crippen LogP contribution in [-0.4, -0.2) is 36.9 Å². The molecule has 1 atom stereocenters. The minimum absolute atomic E-state index is 0.332. The second-order valence-electron chi connectivity index (χ2n) is 7.91. The van der Waals surface area contributed by atoms with Crippen LogP contribution in [0.25, 0.3) is 0 Å². The molecule has 22 heavy (non-hydrogen) atoms. The molecule has 1 unspecified atom stereocenters. The third kappa shape index (κ3) is 7.99. The Bertz CT molecular complexity index is 331. The summed E-state index contributed by atoms with van der Waals surface area (Å²) in [4.78, 5) is 11.8. The second-order valence-corrected chi connectivity index (χ2v) is 7.91. The van der Waals surface area contributed by atoms with Crippen molar-refractivity contribution in [2.75, 3.05) is 13.1 Å². The molecule has 1 amide bonds.